The van der Waals surface area contributed by atoms with Gasteiger partial charge in [0.25, 0.3) is 5.91 Å². The van der Waals surface area contributed by atoms with Crippen LogP contribution in [0.1, 0.15) is 22.8 Å². The lowest BCUT2D eigenvalue weighted by atomic mass is 10.1. The van der Waals surface area contributed by atoms with Gasteiger partial charge in [0.1, 0.15) is 0 Å². The highest BCUT2D eigenvalue weighted by atomic mass is 16.2. The summed E-state index contributed by atoms with van der Waals surface area (Å²) in [6.45, 7) is 3.17. The quantitative estimate of drug-likeness (QED) is 0.912. The van der Waals surface area contributed by atoms with E-state index in [-0.39, 0.29) is 5.91 Å². The van der Waals surface area contributed by atoms with E-state index in [0.717, 1.165) is 5.56 Å². The van der Waals surface area contributed by atoms with Crippen LogP contribution in [-0.2, 0) is 6.54 Å². The minimum Gasteiger partial charge on any atom is -0.397 e. The van der Waals surface area contributed by atoms with Gasteiger partial charge in [-0.1, -0.05) is 30.3 Å². The van der Waals surface area contributed by atoms with Crippen LogP contribution < -0.4 is 5.73 Å². The van der Waals surface area contributed by atoms with Crippen molar-refractivity contribution in [2.24, 2.45) is 0 Å². The fourth-order valence-electron chi connectivity index (χ4n) is 1.90. The Kier molecular flexibility index (Phi) is 4.13. The zero-order chi connectivity index (χ0) is 13.7. The van der Waals surface area contributed by atoms with Gasteiger partial charge in [0.2, 0.25) is 0 Å². The number of anilines is 1. The van der Waals surface area contributed by atoms with E-state index in [4.69, 9.17) is 5.73 Å². The molecule has 0 radical (unpaired) electrons. The number of benzene rings is 1. The fourth-order valence-corrected chi connectivity index (χ4v) is 1.90. The van der Waals surface area contributed by atoms with Crippen molar-refractivity contribution in [3.05, 3.63) is 59.9 Å². The molecule has 98 valence electrons. The standard InChI is InChI=1S/C15H17N3O/c1-2-18(11-12-6-4-3-5-7-12)15(19)13-8-9-17-10-14(13)16/h3-10H,2,11,16H2,1H3. The van der Waals surface area contributed by atoms with E-state index >= 15 is 0 Å². The Bertz CT molecular complexity index is 554. The van der Waals surface area contributed by atoms with Crippen LogP contribution in [0.4, 0.5) is 5.69 Å². The summed E-state index contributed by atoms with van der Waals surface area (Å²) in [7, 11) is 0. The molecule has 0 bridgehead atoms. The normalized spacial score (nSPS) is 10.2. The highest BCUT2D eigenvalue weighted by Crippen LogP contribution is 2.14. The summed E-state index contributed by atoms with van der Waals surface area (Å²) in [5, 5.41) is 0. The van der Waals surface area contributed by atoms with E-state index in [1.807, 2.05) is 37.3 Å². The van der Waals surface area contributed by atoms with Crippen LogP contribution in [0, 0.1) is 0 Å². The Morgan fingerprint density at radius 2 is 2.00 bits per heavy atom. The molecular weight excluding hydrogens is 238 g/mol. The number of nitrogens with two attached hydrogens (primary N) is 1. The molecule has 0 saturated heterocycles. The van der Waals surface area contributed by atoms with Crippen LogP contribution in [0.3, 0.4) is 0 Å². The molecule has 4 heteroatoms. The highest BCUT2D eigenvalue weighted by Gasteiger charge is 2.16. The maximum atomic E-state index is 12.4. The molecule has 2 N–H and O–H groups in total. The lowest BCUT2D eigenvalue weighted by Gasteiger charge is -2.21. The molecule has 1 amide bonds. The van der Waals surface area contributed by atoms with E-state index in [2.05, 4.69) is 4.98 Å². The summed E-state index contributed by atoms with van der Waals surface area (Å²) in [4.78, 5) is 18.1. The number of carbonyl (C=O) groups is 1. The minimum absolute atomic E-state index is 0.0637. The van der Waals surface area contributed by atoms with Crippen molar-refractivity contribution >= 4 is 11.6 Å². The van der Waals surface area contributed by atoms with Crippen molar-refractivity contribution in [1.82, 2.24) is 9.88 Å². The fraction of sp³-hybridized carbons (Fsp3) is 0.200. The van der Waals surface area contributed by atoms with Gasteiger partial charge in [-0.25, -0.2) is 0 Å². The van der Waals surface area contributed by atoms with Crippen molar-refractivity contribution in [2.75, 3.05) is 12.3 Å². The van der Waals surface area contributed by atoms with Crippen LogP contribution in [-0.4, -0.2) is 22.3 Å². The monoisotopic (exact) mass is 255 g/mol. The summed E-state index contributed by atoms with van der Waals surface area (Å²) in [6, 6.07) is 11.6. The second kappa shape index (κ2) is 6.00. The van der Waals surface area contributed by atoms with E-state index < -0.39 is 0 Å². The topological polar surface area (TPSA) is 59.2 Å². The molecule has 19 heavy (non-hydrogen) atoms. The smallest absolute Gasteiger partial charge is 0.256 e. The average Bonchev–Trinajstić information content (AvgIpc) is 2.46. The number of nitrogen functional groups attached to an aromatic ring is 1. The zero-order valence-electron chi connectivity index (χ0n) is 10.9. The average molecular weight is 255 g/mol. The first kappa shape index (κ1) is 13.1. The molecule has 0 unspecified atom stereocenters. The van der Waals surface area contributed by atoms with E-state index in [9.17, 15) is 4.79 Å². The van der Waals surface area contributed by atoms with Gasteiger partial charge in [-0.15, -0.1) is 0 Å². The molecule has 1 aromatic carbocycles. The number of hydrogen-bond acceptors (Lipinski definition) is 3. The van der Waals surface area contributed by atoms with E-state index in [1.165, 1.54) is 6.20 Å². The molecule has 0 atom stereocenters. The Morgan fingerprint density at radius 3 is 2.63 bits per heavy atom. The first-order chi connectivity index (χ1) is 9.22. The number of amides is 1. The van der Waals surface area contributed by atoms with Crippen molar-refractivity contribution in [3.63, 3.8) is 0 Å². The van der Waals surface area contributed by atoms with Crippen molar-refractivity contribution in [3.8, 4) is 0 Å². The van der Waals surface area contributed by atoms with Gasteiger partial charge in [-0.2, -0.15) is 0 Å². The van der Waals surface area contributed by atoms with Crippen LogP contribution >= 0.6 is 0 Å². The molecular formula is C15H17N3O. The Labute approximate surface area is 112 Å². The predicted octanol–water partition coefficient (Wildman–Crippen LogP) is 2.33. The number of carbonyl (C=O) groups excluding carboxylic acids is 1. The van der Waals surface area contributed by atoms with Crippen LogP contribution in [0.25, 0.3) is 0 Å². The third-order valence-corrected chi connectivity index (χ3v) is 2.97. The van der Waals surface area contributed by atoms with Gasteiger partial charge in [0, 0.05) is 19.3 Å². The zero-order valence-corrected chi connectivity index (χ0v) is 10.9. The minimum atomic E-state index is -0.0637. The van der Waals surface area contributed by atoms with Gasteiger partial charge in [0.05, 0.1) is 17.4 Å². The Hall–Kier alpha value is -2.36. The first-order valence-corrected chi connectivity index (χ1v) is 6.25. The first-order valence-electron chi connectivity index (χ1n) is 6.25. The van der Waals surface area contributed by atoms with Gasteiger partial charge >= 0.3 is 0 Å². The SMILES string of the molecule is CCN(Cc1ccccc1)C(=O)c1ccncc1N. The van der Waals surface area contributed by atoms with Crippen molar-refractivity contribution < 1.29 is 4.79 Å². The predicted molar refractivity (Wildman–Crippen MR) is 75.5 cm³/mol. The summed E-state index contributed by atoms with van der Waals surface area (Å²) >= 11 is 0. The number of aromatic nitrogens is 1. The van der Waals surface area contributed by atoms with Gasteiger partial charge in [-0.05, 0) is 18.6 Å². The number of pyridine rings is 1. The molecule has 0 aliphatic carbocycles. The number of nitrogens with zero attached hydrogens (tertiary/aromatic N) is 2. The maximum absolute atomic E-state index is 12.4. The molecule has 0 spiro atoms. The van der Waals surface area contributed by atoms with Gasteiger partial charge < -0.3 is 10.6 Å². The van der Waals surface area contributed by atoms with Gasteiger partial charge in [0.15, 0.2) is 0 Å². The Morgan fingerprint density at radius 1 is 1.26 bits per heavy atom. The van der Waals surface area contributed by atoms with Crippen LogP contribution in [0.5, 0.6) is 0 Å². The van der Waals surface area contributed by atoms with Crippen LogP contribution in [0.15, 0.2) is 48.8 Å². The highest BCUT2D eigenvalue weighted by molar-refractivity contribution is 5.98. The third kappa shape index (κ3) is 3.10. The summed E-state index contributed by atoms with van der Waals surface area (Å²) in [5.41, 5.74) is 7.82. The molecule has 0 aliphatic heterocycles. The molecule has 1 heterocycles. The van der Waals surface area contributed by atoms with Crippen LogP contribution in [0.2, 0.25) is 0 Å². The molecule has 0 aliphatic rings. The molecule has 4 nitrogen and oxygen atoms in total. The molecule has 2 aromatic rings. The molecule has 1 aromatic heterocycles. The van der Waals surface area contributed by atoms with E-state index in [1.54, 1.807) is 17.2 Å². The molecule has 2 rings (SSSR count). The number of hydrogen-bond donors (Lipinski definition) is 1. The maximum Gasteiger partial charge on any atom is 0.256 e. The number of rotatable bonds is 4. The summed E-state index contributed by atoms with van der Waals surface area (Å²) in [5.74, 6) is -0.0637. The third-order valence-electron chi connectivity index (χ3n) is 2.97. The summed E-state index contributed by atoms with van der Waals surface area (Å²) < 4.78 is 0. The summed E-state index contributed by atoms with van der Waals surface area (Å²) in [6.07, 6.45) is 3.09. The Balaban J connectivity index is 2.18. The second-order valence-electron chi connectivity index (χ2n) is 4.27. The lowest BCUT2D eigenvalue weighted by Crippen LogP contribution is -2.30. The largest absolute Gasteiger partial charge is 0.397 e. The van der Waals surface area contributed by atoms with Crippen molar-refractivity contribution in [1.29, 1.82) is 0 Å². The molecule has 0 fully saturated rings. The van der Waals surface area contributed by atoms with Crippen molar-refractivity contribution in [2.45, 2.75) is 13.5 Å². The molecule has 0 saturated carbocycles. The lowest BCUT2D eigenvalue weighted by molar-refractivity contribution is 0.0753. The van der Waals surface area contributed by atoms with E-state index in [0.29, 0.717) is 24.3 Å². The second-order valence-corrected chi connectivity index (χ2v) is 4.27. The van der Waals surface area contributed by atoms with Gasteiger partial charge in [-0.3, -0.25) is 9.78 Å².